The smallest absolute Gasteiger partial charge is 0.327 e. The number of carbonyl (C=O) groups is 1. The molecular weight excluding hydrogens is 312 g/mol. The molecule has 0 saturated heterocycles. The Morgan fingerprint density at radius 1 is 1.43 bits per heavy atom. The lowest BCUT2D eigenvalue weighted by atomic mass is 9.75. The molecule has 1 aromatic rings. The minimum absolute atomic E-state index is 0.117. The fraction of sp³-hybridized carbons (Fsp3) is 0.692. The Kier molecular flexibility index (Phi) is 4.16. The molecule has 1 aromatic heterocycles. The molecule has 0 spiro atoms. The van der Waals surface area contributed by atoms with Crippen LogP contribution in [0.1, 0.15) is 38.8 Å². The topological polar surface area (TPSA) is 85.4 Å². The molecule has 8 heteroatoms. The molecule has 0 aliphatic heterocycles. The van der Waals surface area contributed by atoms with Gasteiger partial charge in [0.05, 0.1) is 12.8 Å². The molecule has 1 saturated carbocycles. The molecule has 0 amide bonds. The highest BCUT2D eigenvalue weighted by Crippen LogP contribution is 2.47. The Balaban J connectivity index is 2.43. The van der Waals surface area contributed by atoms with Gasteiger partial charge in [-0.15, -0.1) is 0 Å². The van der Waals surface area contributed by atoms with Crippen LogP contribution in [0.15, 0.2) is 10.3 Å². The summed E-state index contributed by atoms with van der Waals surface area (Å²) in [5.41, 5.74) is -1.09. The van der Waals surface area contributed by atoms with Gasteiger partial charge in [-0.2, -0.15) is 9.10 Å². The van der Waals surface area contributed by atoms with Crippen molar-refractivity contribution in [1.82, 2.24) is 9.10 Å². The number of hydrogen-bond donors (Lipinski definition) is 1. The lowest BCUT2D eigenvalue weighted by Gasteiger charge is -2.38. The van der Waals surface area contributed by atoms with Crippen LogP contribution in [0.4, 0.5) is 0 Å². The van der Waals surface area contributed by atoms with Gasteiger partial charge in [0.1, 0.15) is 5.54 Å². The Morgan fingerprint density at radius 2 is 2.10 bits per heavy atom. The van der Waals surface area contributed by atoms with Crippen LogP contribution in [0.25, 0.3) is 0 Å². The molecule has 0 radical (unpaired) electrons. The van der Waals surface area contributed by atoms with Gasteiger partial charge in [-0.25, -0.2) is 8.42 Å². The number of aryl methyl sites for hydroxylation is 1. The van der Waals surface area contributed by atoms with Crippen LogP contribution in [0.5, 0.6) is 0 Å². The van der Waals surface area contributed by atoms with Crippen LogP contribution in [0, 0.1) is 12.3 Å². The van der Waals surface area contributed by atoms with Gasteiger partial charge in [0, 0.05) is 0 Å². The number of aromatic nitrogens is 1. The Labute approximate surface area is 129 Å². The fourth-order valence-electron chi connectivity index (χ4n) is 2.88. The monoisotopic (exact) mass is 332 g/mol. The van der Waals surface area contributed by atoms with E-state index in [4.69, 9.17) is 4.74 Å². The Hall–Kier alpha value is -0.990. The summed E-state index contributed by atoms with van der Waals surface area (Å²) in [6.07, 6.45) is 1.96. The van der Waals surface area contributed by atoms with E-state index in [9.17, 15) is 13.2 Å². The van der Waals surface area contributed by atoms with E-state index in [1.54, 1.807) is 6.92 Å². The normalized spacial score (nSPS) is 25.0. The highest BCUT2D eigenvalue weighted by atomic mass is 32.2. The summed E-state index contributed by atoms with van der Waals surface area (Å²) in [5.74, 6) is -0.533. The predicted molar refractivity (Wildman–Crippen MR) is 79.6 cm³/mol. The summed E-state index contributed by atoms with van der Waals surface area (Å²) < 4.78 is 36.7. The predicted octanol–water partition coefficient (Wildman–Crippen LogP) is 1.85. The summed E-state index contributed by atoms with van der Waals surface area (Å²) in [7, 11) is -2.52. The van der Waals surface area contributed by atoms with Gasteiger partial charge in [-0.05, 0) is 42.8 Å². The van der Waals surface area contributed by atoms with Crippen molar-refractivity contribution in [2.24, 2.45) is 5.41 Å². The molecule has 1 N–H and O–H groups in total. The van der Waals surface area contributed by atoms with Crippen molar-refractivity contribution in [2.45, 2.75) is 49.8 Å². The molecule has 1 aliphatic carbocycles. The molecule has 118 valence electrons. The first kappa shape index (κ1) is 16.4. The number of esters is 1. The van der Waals surface area contributed by atoms with Gasteiger partial charge in [0.25, 0.3) is 10.0 Å². The standard InChI is InChI=1S/C13H20N2O4S2/c1-9-8-10(20-14-9)21(17,18)15-13(11(16)19-4)7-5-6-12(13,2)3/h8,15H,5-7H2,1-4H3. The molecule has 1 aliphatic rings. The van der Waals surface area contributed by atoms with Crippen LogP contribution in [0.3, 0.4) is 0 Å². The Morgan fingerprint density at radius 3 is 2.52 bits per heavy atom. The quantitative estimate of drug-likeness (QED) is 0.851. The third-order valence-corrected chi connectivity index (χ3v) is 7.05. The SMILES string of the molecule is COC(=O)C1(NS(=O)(=O)c2cc(C)ns2)CCCC1(C)C. The van der Waals surface area contributed by atoms with Crippen LogP contribution >= 0.6 is 11.5 Å². The molecule has 1 atom stereocenters. The molecule has 0 aromatic carbocycles. The molecule has 1 unspecified atom stereocenters. The van der Waals surface area contributed by atoms with Gasteiger partial charge in [0.2, 0.25) is 0 Å². The number of methoxy groups -OCH3 is 1. The number of sulfonamides is 1. The molecule has 1 fully saturated rings. The van der Waals surface area contributed by atoms with E-state index in [-0.39, 0.29) is 4.21 Å². The first-order chi connectivity index (χ1) is 9.64. The molecule has 2 rings (SSSR count). The van der Waals surface area contributed by atoms with Gasteiger partial charge in [0.15, 0.2) is 4.21 Å². The van der Waals surface area contributed by atoms with Gasteiger partial charge >= 0.3 is 5.97 Å². The number of nitrogens with one attached hydrogen (secondary N) is 1. The maximum absolute atomic E-state index is 12.6. The third-order valence-electron chi connectivity index (χ3n) is 4.22. The maximum atomic E-state index is 12.6. The van der Waals surface area contributed by atoms with Crippen molar-refractivity contribution in [1.29, 1.82) is 0 Å². The van der Waals surface area contributed by atoms with Gasteiger partial charge in [-0.3, -0.25) is 4.79 Å². The van der Waals surface area contributed by atoms with Gasteiger partial charge in [-0.1, -0.05) is 20.3 Å². The van der Waals surface area contributed by atoms with Crippen molar-refractivity contribution in [2.75, 3.05) is 7.11 Å². The zero-order valence-electron chi connectivity index (χ0n) is 12.6. The summed E-state index contributed by atoms with van der Waals surface area (Å²) in [6, 6.07) is 1.50. The lowest BCUT2D eigenvalue weighted by Crippen LogP contribution is -2.60. The molecule has 0 bridgehead atoms. The summed E-state index contributed by atoms with van der Waals surface area (Å²) in [5, 5.41) is 0. The zero-order valence-corrected chi connectivity index (χ0v) is 14.2. The van der Waals surface area contributed by atoms with Crippen molar-refractivity contribution >= 4 is 27.5 Å². The van der Waals surface area contributed by atoms with Gasteiger partial charge < -0.3 is 4.74 Å². The second kappa shape index (κ2) is 5.33. The van der Waals surface area contributed by atoms with Crippen molar-refractivity contribution in [3.8, 4) is 0 Å². The van der Waals surface area contributed by atoms with E-state index < -0.39 is 26.9 Å². The molecule has 1 heterocycles. The summed E-state index contributed by atoms with van der Waals surface area (Å²) >= 11 is 0.905. The number of ether oxygens (including phenoxy) is 1. The largest absolute Gasteiger partial charge is 0.468 e. The van der Waals surface area contributed by atoms with E-state index in [1.165, 1.54) is 13.2 Å². The summed E-state index contributed by atoms with van der Waals surface area (Å²) in [6.45, 7) is 5.50. The van der Waals surface area contributed by atoms with Crippen molar-refractivity contribution < 1.29 is 17.9 Å². The van der Waals surface area contributed by atoms with E-state index in [1.807, 2.05) is 13.8 Å². The number of nitrogens with zero attached hydrogens (tertiary/aromatic N) is 1. The highest BCUT2D eigenvalue weighted by molar-refractivity contribution is 7.91. The van der Waals surface area contributed by atoms with E-state index in [2.05, 4.69) is 9.10 Å². The first-order valence-electron chi connectivity index (χ1n) is 6.70. The lowest BCUT2D eigenvalue weighted by molar-refractivity contribution is -0.151. The van der Waals surface area contributed by atoms with E-state index >= 15 is 0 Å². The van der Waals surface area contributed by atoms with Crippen LogP contribution in [-0.4, -0.2) is 31.4 Å². The Bertz CT molecular complexity index is 651. The fourth-order valence-corrected chi connectivity index (χ4v) is 5.36. The second-order valence-corrected chi connectivity index (χ2v) is 8.74. The highest BCUT2D eigenvalue weighted by Gasteiger charge is 2.57. The van der Waals surface area contributed by atoms with Crippen molar-refractivity contribution in [3.05, 3.63) is 11.8 Å². The molecular formula is C13H20N2O4S2. The van der Waals surface area contributed by atoms with E-state index in [0.717, 1.165) is 24.4 Å². The van der Waals surface area contributed by atoms with Crippen LogP contribution in [0.2, 0.25) is 0 Å². The third kappa shape index (κ3) is 2.72. The second-order valence-electron chi connectivity index (χ2n) is 6.03. The molecule has 6 nitrogen and oxygen atoms in total. The molecule has 21 heavy (non-hydrogen) atoms. The minimum atomic E-state index is -3.80. The first-order valence-corrected chi connectivity index (χ1v) is 8.96. The van der Waals surface area contributed by atoms with Crippen LogP contribution in [-0.2, 0) is 19.6 Å². The van der Waals surface area contributed by atoms with Crippen molar-refractivity contribution in [3.63, 3.8) is 0 Å². The number of hydrogen-bond acceptors (Lipinski definition) is 6. The van der Waals surface area contributed by atoms with Crippen LogP contribution < -0.4 is 4.72 Å². The maximum Gasteiger partial charge on any atom is 0.327 e. The minimum Gasteiger partial charge on any atom is -0.468 e. The number of rotatable bonds is 4. The average Bonchev–Trinajstić information content (AvgIpc) is 2.94. The number of carbonyl (C=O) groups excluding carboxylic acids is 1. The summed E-state index contributed by atoms with van der Waals surface area (Å²) in [4.78, 5) is 12.3. The average molecular weight is 332 g/mol. The zero-order chi connectivity index (χ0) is 15.9. The van der Waals surface area contributed by atoms with E-state index in [0.29, 0.717) is 12.1 Å².